The van der Waals surface area contributed by atoms with Crippen LogP contribution in [0.2, 0.25) is 5.02 Å². The molecule has 1 aromatic rings. The second kappa shape index (κ2) is 7.39. The monoisotopic (exact) mass is 270 g/mol. The van der Waals surface area contributed by atoms with Crippen LogP contribution in [0.15, 0.2) is 18.2 Å². The van der Waals surface area contributed by atoms with Crippen LogP contribution < -0.4 is 0 Å². The standard InChI is InChI=1S/C14H19ClO3/c1-3-8-18-14(17)7-6-13(16)12-5-4-11(15)9-10(12)2/h4-5,9,13,16H,3,6-8H2,1-2H3. The second-order valence-corrected chi connectivity index (χ2v) is 4.71. The van der Waals surface area contributed by atoms with Gasteiger partial charge in [-0.3, -0.25) is 4.79 Å². The summed E-state index contributed by atoms with van der Waals surface area (Å²) in [6.07, 6.45) is 0.746. The zero-order valence-corrected chi connectivity index (χ0v) is 11.5. The number of aliphatic hydroxyl groups excluding tert-OH is 1. The lowest BCUT2D eigenvalue weighted by atomic mass is 10.0. The van der Waals surface area contributed by atoms with Gasteiger partial charge in [0.15, 0.2) is 0 Å². The van der Waals surface area contributed by atoms with Crippen molar-refractivity contribution in [3.05, 3.63) is 34.3 Å². The molecule has 0 aliphatic rings. The molecule has 100 valence electrons. The second-order valence-electron chi connectivity index (χ2n) is 4.28. The molecule has 0 aliphatic heterocycles. The third-order valence-corrected chi connectivity index (χ3v) is 2.92. The van der Waals surface area contributed by atoms with Gasteiger partial charge in [0.05, 0.1) is 12.7 Å². The van der Waals surface area contributed by atoms with E-state index in [1.165, 1.54) is 0 Å². The predicted molar refractivity (Wildman–Crippen MR) is 71.6 cm³/mol. The minimum Gasteiger partial charge on any atom is -0.466 e. The highest BCUT2D eigenvalue weighted by atomic mass is 35.5. The zero-order chi connectivity index (χ0) is 13.5. The number of halogens is 1. The van der Waals surface area contributed by atoms with Crippen LogP contribution >= 0.6 is 11.6 Å². The largest absolute Gasteiger partial charge is 0.466 e. The molecule has 0 amide bonds. The van der Waals surface area contributed by atoms with E-state index in [0.29, 0.717) is 18.1 Å². The molecule has 3 nitrogen and oxygen atoms in total. The Morgan fingerprint density at radius 1 is 1.50 bits per heavy atom. The molecule has 0 aromatic heterocycles. The van der Waals surface area contributed by atoms with Gasteiger partial charge in [-0.05, 0) is 43.0 Å². The first-order valence-corrected chi connectivity index (χ1v) is 6.52. The summed E-state index contributed by atoms with van der Waals surface area (Å²) in [5.74, 6) is -0.262. The summed E-state index contributed by atoms with van der Waals surface area (Å²) >= 11 is 5.85. The van der Waals surface area contributed by atoms with Crippen molar-refractivity contribution < 1.29 is 14.6 Å². The summed E-state index contributed by atoms with van der Waals surface area (Å²) in [5.41, 5.74) is 1.74. The van der Waals surface area contributed by atoms with Crippen LogP contribution in [0.1, 0.15) is 43.4 Å². The van der Waals surface area contributed by atoms with Crippen molar-refractivity contribution in [1.29, 1.82) is 0 Å². The fraction of sp³-hybridized carbons (Fsp3) is 0.500. The number of benzene rings is 1. The highest BCUT2D eigenvalue weighted by molar-refractivity contribution is 6.30. The molecular weight excluding hydrogens is 252 g/mol. The average Bonchev–Trinajstić information content (AvgIpc) is 2.33. The Hall–Kier alpha value is -1.06. The number of carbonyl (C=O) groups is 1. The van der Waals surface area contributed by atoms with Crippen LogP contribution in [0.4, 0.5) is 0 Å². The Kier molecular flexibility index (Phi) is 6.16. The van der Waals surface area contributed by atoms with Gasteiger partial charge >= 0.3 is 5.97 Å². The van der Waals surface area contributed by atoms with Crippen molar-refractivity contribution in [1.82, 2.24) is 0 Å². The van der Waals surface area contributed by atoms with Gasteiger partial charge in [0, 0.05) is 11.4 Å². The predicted octanol–water partition coefficient (Wildman–Crippen LogP) is 3.42. The summed E-state index contributed by atoms with van der Waals surface area (Å²) in [6, 6.07) is 5.33. The van der Waals surface area contributed by atoms with Crippen LogP contribution in [-0.4, -0.2) is 17.7 Å². The smallest absolute Gasteiger partial charge is 0.305 e. The SMILES string of the molecule is CCCOC(=O)CCC(O)c1ccc(Cl)cc1C. The number of rotatable bonds is 6. The first-order valence-electron chi connectivity index (χ1n) is 6.14. The van der Waals surface area contributed by atoms with Crippen LogP contribution in [0, 0.1) is 6.92 Å². The molecular formula is C14H19ClO3. The number of esters is 1. The Labute approximate surface area is 113 Å². The van der Waals surface area contributed by atoms with E-state index >= 15 is 0 Å². The van der Waals surface area contributed by atoms with Crippen LogP contribution in [0.5, 0.6) is 0 Å². The van der Waals surface area contributed by atoms with E-state index in [0.717, 1.165) is 17.5 Å². The molecule has 0 heterocycles. The number of hydrogen-bond acceptors (Lipinski definition) is 3. The molecule has 1 aromatic carbocycles. The van der Waals surface area contributed by atoms with Gasteiger partial charge in [-0.15, -0.1) is 0 Å². The molecule has 0 saturated heterocycles. The first kappa shape index (κ1) is 15.0. The average molecular weight is 271 g/mol. The number of carbonyl (C=O) groups excluding carboxylic acids is 1. The van der Waals surface area contributed by atoms with E-state index in [1.807, 2.05) is 13.8 Å². The summed E-state index contributed by atoms with van der Waals surface area (Å²) < 4.78 is 4.96. The van der Waals surface area contributed by atoms with E-state index in [-0.39, 0.29) is 12.4 Å². The minimum absolute atomic E-state index is 0.225. The Morgan fingerprint density at radius 3 is 2.83 bits per heavy atom. The van der Waals surface area contributed by atoms with Crippen molar-refractivity contribution in [2.24, 2.45) is 0 Å². The van der Waals surface area contributed by atoms with E-state index in [1.54, 1.807) is 18.2 Å². The van der Waals surface area contributed by atoms with Gasteiger partial charge in [0.25, 0.3) is 0 Å². The van der Waals surface area contributed by atoms with Gasteiger partial charge in [-0.2, -0.15) is 0 Å². The molecule has 0 aliphatic carbocycles. The fourth-order valence-corrected chi connectivity index (χ4v) is 1.94. The highest BCUT2D eigenvalue weighted by Crippen LogP contribution is 2.24. The van der Waals surface area contributed by atoms with Crippen molar-refractivity contribution in [2.45, 2.75) is 39.2 Å². The van der Waals surface area contributed by atoms with Crippen LogP contribution in [-0.2, 0) is 9.53 Å². The number of ether oxygens (including phenoxy) is 1. The van der Waals surface area contributed by atoms with E-state index < -0.39 is 6.10 Å². The number of hydrogen-bond donors (Lipinski definition) is 1. The molecule has 0 radical (unpaired) electrons. The molecule has 0 spiro atoms. The summed E-state index contributed by atoms with van der Waals surface area (Å²) in [4.78, 5) is 11.3. The van der Waals surface area contributed by atoms with Crippen molar-refractivity contribution in [3.8, 4) is 0 Å². The Balaban J connectivity index is 2.50. The molecule has 1 atom stereocenters. The van der Waals surface area contributed by atoms with E-state index in [9.17, 15) is 9.90 Å². The lowest BCUT2D eigenvalue weighted by Crippen LogP contribution is -2.08. The molecule has 0 fully saturated rings. The molecule has 0 bridgehead atoms. The normalized spacial score (nSPS) is 12.2. The minimum atomic E-state index is -0.656. The molecule has 1 unspecified atom stereocenters. The van der Waals surface area contributed by atoms with Crippen molar-refractivity contribution >= 4 is 17.6 Å². The summed E-state index contributed by atoms with van der Waals surface area (Å²) in [7, 11) is 0. The summed E-state index contributed by atoms with van der Waals surface area (Å²) in [6.45, 7) is 4.27. The van der Waals surface area contributed by atoms with Gasteiger partial charge in [0.1, 0.15) is 0 Å². The van der Waals surface area contributed by atoms with E-state index in [2.05, 4.69) is 0 Å². The third-order valence-electron chi connectivity index (χ3n) is 2.68. The molecule has 4 heteroatoms. The van der Waals surface area contributed by atoms with Crippen molar-refractivity contribution in [3.63, 3.8) is 0 Å². The topological polar surface area (TPSA) is 46.5 Å². The molecule has 18 heavy (non-hydrogen) atoms. The maximum Gasteiger partial charge on any atom is 0.305 e. The zero-order valence-electron chi connectivity index (χ0n) is 10.8. The van der Waals surface area contributed by atoms with Gasteiger partial charge in [-0.1, -0.05) is 24.6 Å². The molecule has 1 rings (SSSR count). The van der Waals surface area contributed by atoms with Crippen LogP contribution in [0.3, 0.4) is 0 Å². The lowest BCUT2D eigenvalue weighted by molar-refractivity contribution is -0.144. The third kappa shape index (κ3) is 4.67. The molecule has 0 saturated carbocycles. The number of aryl methyl sites for hydroxylation is 1. The van der Waals surface area contributed by atoms with Crippen molar-refractivity contribution in [2.75, 3.05) is 6.61 Å². The maximum absolute atomic E-state index is 11.3. The summed E-state index contributed by atoms with van der Waals surface area (Å²) in [5, 5.41) is 10.7. The Bertz CT molecular complexity index is 404. The fourth-order valence-electron chi connectivity index (χ4n) is 1.71. The van der Waals surface area contributed by atoms with Gasteiger partial charge < -0.3 is 9.84 Å². The van der Waals surface area contributed by atoms with Gasteiger partial charge in [-0.25, -0.2) is 0 Å². The van der Waals surface area contributed by atoms with Gasteiger partial charge in [0.2, 0.25) is 0 Å². The number of aliphatic hydroxyl groups is 1. The van der Waals surface area contributed by atoms with E-state index in [4.69, 9.17) is 16.3 Å². The Morgan fingerprint density at radius 2 is 2.22 bits per heavy atom. The first-order chi connectivity index (χ1) is 8.54. The maximum atomic E-state index is 11.3. The quantitative estimate of drug-likeness (QED) is 0.806. The molecule has 1 N–H and O–H groups in total. The lowest BCUT2D eigenvalue weighted by Gasteiger charge is -2.13. The van der Waals surface area contributed by atoms with Crippen LogP contribution in [0.25, 0.3) is 0 Å². The highest BCUT2D eigenvalue weighted by Gasteiger charge is 2.13.